The number of hydrogen-bond acceptors (Lipinski definition) is 3. The molecule has 2 rings (SSSR count). The highest BCUT2D eigenvalue weighted by Gasteiger charge is 2.24. The summed E-state index contributed by atoms with van der Waals surface area (Å²) in [5, 5.41) is 0. The van der Waals surface area contributed by atoms with Gasteiger partial charge < -0.3 is 9.47 Å². The van der Waals surface area contributed by atoms with E-state index in [4.69, 9.17) is 9.47 Å². The second-order valence-corrected chi connectivity index (χ2v) is 4.67. The third-order valence-electron chi connectivity index (χ3n) is 1.96. The van der Waals surface area contributed by atoms with Crippen LogP contribution in [-0.2, 0) is 0 Å². The Morgan fingerprint density at radius 2 is 2.13 bits per heavy atom. The van der Waals surface area contributed by atoms with Gasteiger partial charge in [-0.05, 0) is 48.7 Å². The van der Waals surface area contributed by atoms with E-state index in [9.17, 15) is 0 Å². The lowest BCUT2D eigenvalue weighted by atomic mass is 10.4. The van der Waals surface area contributed by atoms with Gasteiger partial charge in [-0.2, -0.15) is 0 Å². The fraction of sp³-hybridized carbons (Fsp3) is 0.545. The van der Waals surface area contributed by atoms with Crippen LogP contribution >= 0.6 is 15.9 Å². The van der Waals surface area contributed by atoms with Crippen molar-refractivity contribution in [3.8, 4) is 11.6 Å². The lowest BCUT2D eigenvalue weighted by Gasteiger charge is -2.11. The number of rotatable bonds is 4. The van der Waals surface area contributed by atoms with Crippen molar-refractivity contribution >= 4 is 15.9 Å². The fourth-order valence-corrected chi connectivity index (χ4v) is 1.57. The molecule has 0 spiro atoms. The number of hydrogen-bond donors (Lipinski definition) is 0. The van der Waals surface area contributed by atoms with Crippen LogP contribution in [0.25, 0.3) is 0 Å². The van der Waals surface area contributed by atoms with E-state index in [0.717, 1.165) is 18.6 Å². The molecule has 0 aromatic carbocycles. The lowest BCUT2D eigenvalue weighted by molar-refractivity contribution is 0.230. The topological polar surface area (TPSA) is 31.4 Å². The number of aromatic nitrogens is 1. The van der Waals surface area contributed by atoms with E-state index < -0.39 is 0 Å². The molecule has 1 aromatic rings. The minimum absolute atomic E-state index is 0.139. The van der Waals surface area contributed by atoms with E-state index in [0.29, 0.717) is 16.6 Å². The fourth-order valence-electron chi connectivity index (χ4n) is 1.17. The Balaban J connectivity index is 2.07. The Morgan fingerprint density at radius 1 is 1.40 bits per heavy atom. The maximum absolute atomic E-state index is 5.65. The normalized spacial score (nSPS) is 15.5. The summed E-state index contributed by atoms with van der Waals surface area (Å²) in [4.78, 5) is 4.26. The van der Waals surface area contributed by atoms with Gasteiger partial charge in [0, 0.05) is 6.07 Å². The molecule has 0 atom stereocenters. The first kappa shape index (κ1) is 10.7. The van der Waals surface area contributed by atoms with Crippen LogP contribution in [0.1, 0.15) is 26.7 Å². The second-order valence-electron chi connectivity index (χ2n) is 3.92. The molecule has 0 bridgehead atoms. The van der Waals surface area contributed by atoms with Gasteiger partial charge in [-0.25, -0.2) is 4.98 Å². The summed E-state index contributed by atoms with van der Waals surface area (Å²) in [6, 6.07) is 3.73. The molecule has 0 amide bonds. The molecule has 82 valence electrons. The van der Waals surface area contributed by atoms with E-state index in [1.54, 1.807) is 0 Å². The second kappa shape index (κ2) is 4.39. The zero-order chi connectivity index (χ0) is 10.8. The third-order valence-corrected chi connectivity index (χ3v) is 2.53. The van der Waals surface area contributed by atoms with Crippen LogP contribution in [-0.4, -0.2) is 17.2 Å². The van der Waals surface area contributed by atoms with Crippen LogP contribution in [0.2, 0.25) is 0 Å². The van der Waals surface area contributed by atoms with Crippen LogP contribution in [0.5, 0.6) is 11.6 Å². The van der Waals surface area contributed by atoms with Crippen molar-refractivity contribution in [2.24, 2.45) is 0 Å². The maximum Gasteiger partial charge on any atom is 0.214 e. The van der Waals surface area contributed by atoms with Crippen molar-refractivity contribution in [2.45, 2.75) is 38.9 Å². The lowest BCUT2D eigenvalue weighted by Crippen LogP contribution is -2.07. The molecule has 3 nitrogen and oxygen atoms in total. The molecule has 1 aromatic heterocycles. The van der Waals surface area contributed by atoms with E-state index in [2.05, 4.69) is 20.9 Å². The molecule has 0 N–H and O–H groups in total. The summed E-state index contributed by atoms with van der Waals surface area (Å²) in [5.74, 6) is 1.42. The zero-order valence-electron chi connectivity index (χ0n) is 8.87. The standard InChI is InChI=1S/C11H14BrNO2/c1-7(2)14-10-6-5-9(11(12)13-10)15-8-3-4-8/h5-8H,3-4H2,1-2H3. The molecule has 1 fully saturated rings. The number of nitrogens with zero attached hydrogens (tertiary/aromatic N) is 1. The van der Waals surface area contributed by atoms with Gasteiger partial charge >= 0.3 is 0 Å². The van der Waals surface area contributed by atoms with Crippen LogP contribution in [0.15, 0.2) is 16.7 Å². The van der Waals surface area contributed by atoms with Crippen molar-refractivity contribution in [2.75, 3.05) is 0 Å². The van der Waals surface area contributed by atoms with Crippen LogP contribution in [0.3, 0.4) is 0 Å². The van der Waals surface area contributed by atoms with Crippen LogP contribution in [0, 0.1) is 0 Å². The Morgan fingerprint density at radius 3 is 2.67 bits per heavy atom. The van der Waals surface area contributed by atoms with E-state index in [1.807, 2.05) is 26.0 Å². The van der Waals surface area contributed by atoms with Crippen LogP contribution < -0.4 is 9.47 Å². The molecule has 4 heteroatoms. The third kappa shape index (κ3) is 3.09. The average Bonchev–Trinajstić information content (AvgIpc) is 2.92. The highest BCUT2D eigenvalue weighted by molar-refractivity contribution is 9.10. The van der Waals surface area contributed by atoms with E-state index in [1.165, 1.54) is 0 Å². The molecule has 0 radical (unpaired) electrons. The average molecular weight is 272 g/mol. The minimum Gasteiger partial charge on any atom is -0.488 e. The van der Waals surface area contributed by atoms with Gasteiger partial charge in [0.1, 0.15) is 0 Å². The maximum atomic E-state index is 5.65. The van der Waals surface area contributed by atoms with Gasteiger partial charge in [0.05, 0.1) is 12.2 Å². The van der Waals surface area contributed by atoms with Gasteiger partial charge in [-0.3, -0.25) is 0 Å². The Hall–Kier alpha value is -0.770. The smallest absolute Gasteiger partial charge is 0.214 e. The number of ether oxygens (including phenoxy) is 2. The largest absolute Gasteiger partial charge is 0.488 e. The van der Waals surface area contributed by atoms with Gasteiger partial charge in [0.15, 0.2) is 10.4 Å². The van der Waals surface area contributed by atoms with Gasteiger partial charge in [-0.1, -0.05) is 0 Å². The van der Waals surface area contributed by atoms with Crippen molar-refractivity contribution in [1.82, 2.24) is 4.98 Å². The van der Waals surface area contributed by atoms with Crippen molar-refractivity contribution in [3.05, 3.63) is 16.7 Å². The number of pyridine rings is 1. The molecule has 0 unspecified atom stereocenters. The molecule has 1 heterocycles. The molecule has 1 aliphatic rings. The van der Waals surface area contributed by atoms with Gasteiger partial charge in [0.2, 0.25) is 5.88 Å². The van der Waals surface area contributed by atoms with Crippen molar-refractivity contribution in [1.29, 1.82) is 0 Å². The molecule has 15 heavy (non-hydrogen) atoms. The van der Waals surface area contributed by atoms with Crippen molar-refractivity contribution < 1.29 is 9.47 Å². The first-order valence-electron chi connectivity index (χ1n) is 5.15. The predicted octanol–water partition coefficient (Wildman–Crippen LogP) is 3.17. The molecule has 0 saturated heterocycles. The van der Waals surface area contributed by atoms with E-state index in [-0.39, 0.29) is 6.10 Å². The quantitative estimate of drug-likeness (QED) is 0.789. The predicted molar refractivity (Wildman–Crippen MR) is 61.4 cm³/mol. The summed E-state index contributed by atoms with van der Waals surface area (Å²) in [6.45, 7) is 3.95. The van der Waals surface area contributed by atoms with Gasteiger partial charge in [-0.15, -0.1) is 0 Å². The van der Waals surface area contributed by atoms with Gasteiger partial charge in [0.25, 0.3) is 0 Å². The molecular weight excluding hydrogens is 258 g/mol. The van der Waals surface area contributed by atoms with Crippen LogP contribution in [0.4, 0.5) is 0 Å². The highest BCUT2D eigenvalue weighted by atomic mass is 79.9. The Bertz CT molecular complexity index is 350. The Kier molecular flexibility index (Phi) is 3.14. The summed E-state index contributed by atoms with van der Waals surface area (Å²) >= 11 is 3.38. The first-order valence-corrected chi connectivity index (χ1v) is 5.94. The summed E-state index contributed by atoms with van der Waals surface area (Å²) < 4.78 is 11.8. The number of halogens is 1. The Labute approximate surface area is 97.9 Å². The summed E-state index contributed by atoms with van der Waals surface area (Å²) in [7, 11) is 0. The minimum atomic E-state index is 0.139. The molecule has 1 saturated carbocycles. The van der Waals surface area contributed by atoms with Crippen molar-refractivity contribution in [3.63, 3.8) is 0 Å². The summed E-state index contributed by atoms with van der Waals surface area (Å²) in [5.41, 5.74) is 0. The highest BCUT2D eigenvalue weighted by Crippen LogP contribution is 2.32. The first-order chi connectivity index (χ1) is 7.15. The SMILES string of the molecule is CC(C)Oc1ccc(OC2CC2)c(Br)n1. The molecular formula is C11H14BrNO2. The molecule has 0 aliphatic heterocycles. The zero-order valence-corrected chi connectivity index (χ0v) is 10.5. The monoisotopic (exact) mass is 271 g/mol. The summed E-state index contributed by atoms with van der Waals surface area (Å²) in [6.07, 6.45) is 2.83. The van der Waals surface area contributed by atoms with E-state index >= 15 is 0 Å². The molecule has 1 aliphatic carbocycles.